The molecular weight excluding hydrogens is 190 g/mol. The molecule has 1 saturated carbocycles. The molecular formula is C11H21N3O. The van der Waals surface area contributed by atoms with Gasteiger partial charge in [0.15, 0.2) is 0 Å². The monoisotopic (exact) mass is 211 g/mol. The van der Waals surface area contributed by atoms with Gasteiger partial charge in [0.2, 0.25) is 0 Å². The first-order chi connectivity index (χ1) is 7.22. The van der Waals surface area contributed by atoms with Crippen molar-refractivity contribution >= 4 is 6.03 Å². The fourth-order valence-corrected chi connectivity index (χ4v) is 2.32. The van der Waals surface area contributed by atoms with Crippen LogP contribution in [0.4, 0.5) is 4.79 Å². The lowest BCUT2D eigenvalue weighted by Crippen LogP contribution is -2.46. The summed E-state index contributed by atoms with van der Waals surface area (Å²) in [5.74, 6) is 0.762. The molecule has 4 heteroatoms. The van der Waals surface area contributed by atoms with Crippen LogP contribution in [0.1, 0.15) is 25.7 Å². The number of carbonyl (C=O) groups excluding carboxylic acids is 1. The zero-order valence-corrected chi connectivity index (χ0v) is 9.48. The molecule has 2 amide bonds. The molecule has 1 unspecified atom stereocenters. The first kappa shape index (κ1) is 10.7. The maximum absolute atomic E-state index is 12.1. The number of hydrogen-bond acceptors (Lipinski definition) is 2. The predicted molar refractivity (Wildman–Crippen MR) is 59.5 cm³/mol. The Morgan fingerprint density at radius 2 is 2.20 bits per heavy atom. The SMILES string of the molecule is CN(CC1CC1)C(=O)N1CCCC1CN. The summed E-state index contributed by atoms with van der Waals surface area (Å²) in [5.41, 5.74) is 5.66. The number of rotatable bonds is 3. The first-order valence-corrected chi connectivity index (χ1v) is 5.94. The van der Waals surface area contributed by atoms with Gasteiger partial charge in [-0.05, 0) is 31.6 Å². The second-order valence-corrected chi connectivity index (χ2v) is 4.83. The van der Waals surface area contributed by atoms with Crippen LogP contribution in [0.3, 0.4) is 0 Å². The third-order valence-corrected chi connectivity index (χ3v) is 3.45. The van der Waals surface area contributed by atoms with Crippen molar-refractivity contribution in [1.29, 1.82) is 0 Å². The van der Waals surface area contributed by atoms with Crippen molar-refractivity contribution in [2.24, 2.45) is 11.7 Å². The van der Waals surface area contributed by atoms with Crippen molar-refractivity contribution in [3.05, 3.63) is 0 Å². The molecule has 2 N–H and O–H groups in total. The molecule has 0 bridgehead atoms. The number of nitrogens with two attached hydrogens (primary N) is 1. The van der Waals surface area contributed by atoms with Crippen molar-refractivity contribution in [2.45, 2.75) is 31.7 Å². The van der Waals surface area contributed by atoms with Crippen LogP contribution in [0.5, 0.6) is 0 Å². The normalized spacial score (nSPS) is 25.7. The van der Waals surface area contributed by atoms with E-state index in [4.69, 9.17) is 5.73 Å². The highest BCUT2D eigenvalue weighted by Crippen LogP contribution is 2.30. The minimum Gasteiger partial charge on any atom is -0.328 e. The van der Waals surface area contributed by atoms with Crippen molar-refractivity contribution in [3.8, 4) is 0 Å². The van der Waals surface area contributed by atoms with Gasteiger partial charge < -0.3 is 15.5 Å². The van der Waals surface area contributed by atoms with Crippen molar-refractivity contribution in [1.82, 2.24) is 9.80 Å². The number of urea groups is 1. The van der Waals surface area contributed by atoms with Crippen LogP contribution >= 0.6 is 0 Å². The zero-order valence-electron chi connectivity index (χ0n) is 9.48. The average Bonchev–Trinajstić information content (AvgIpc) is 2.92. The third-order valence-electron chi connectivity index (χ3n) is 3.45. The second-order valence-electron chi connectivity index (χ2n) is 4.83. The van der Waals surface area contributed by atoms with Crippen LogP contribution in [0.15, 0.2) is 0 Å². The van der Waals surface area contributed by atoms with Crippen LogP contribution in [0.25, 0.3) is 0 Å². The molecule has 86 valence electrons. The molecule has 0 aromatic heterocycles. The Hall–Kier alpha value is -0.770. The average molecular weight is 211 g/mol. The molecule has 2 fully saturated rings. The molecule has 2 rings (SSSR count). The summed E-state index contributed by atoms with van der Waals surface area (Å²) in [6, 6.07) is 0.453. The predicted octanol–water partition coefficient (Wildman–Crippen LogP) is 0.871. The Bertz CT molecular complexity index is 240. The number of likely N-dealkylation sites (tertiary alicyclic amines) is 1. The summed E-state index contributed by atoms with van der Waals surface area (Å²) in [6.07, 6.45) is 4.75. The maximum atomic E-state index is 12.1. The fourth-order valence-electron chi connectivity index (χ4n) is 2.32. The highest BCUT2D eigenvalue weighted by atomic mass is 16.2. The van der Waals surface area contributed by atoms with E-state index < -0.39 is 0 Å². The van der Waals surface area contributed by atoms with E-state index in [1.165, 1.54) is 12.8 Å². The third kappa shape index (κ3) is 2.43. The van der Waals surface area contributed by atoms with Gasteiger partial charge in [-0.2, -0.15) is 0 Å². The second kappa shape index (κ2) is 4.39. The van der Waals surface area contributed by atoms with Gasteiger partial charge in [0.1, 0.15) is 0 Å². The summed E-state index contributed by atoms with van der Waals surface area (Å²) in [4.78, 5) is 15.9. The van der Waals surface area contributed by atoms with Crippen LogP contribution in [-0.2, 0) is 0 Å². The van der Waals surface area contributed by atoms with E-state index in [0.29, 0.717) is 6.54 Å². The number of hydrogen-bond donors (Lipinski definition) is 1. The molecule has 0 aromatic rings. The molecule has 1 atom stereocenters. The quantitative estimate of drug-likeness (QED) is 0.753. The molecule has 0 aromatic carbocycles. The van der Waals surface area contributed by atoms with Gasteiger partial charge >= 0.3 is 6.03 Å². The summed E-state index contributed by atoms with van der Waals surface area (Å²) in [5, 5.41) is 0. The number of amides is 2. The lowest BCUT2D eigenvalue weighted by molar-refractivity contribution is 0.157. The highest BCUT2D eigenvalue weighted by molar-refractivity contribution is 5.74. The Morgan fingerprint density at radius 1 is 1.47 bits per heavy atom. The molecule has 1 heterocycles. The van der Waals surface area contributed by atoms with Gasteiger partial charge in [0.25, 0.3) is 0 Å². The van der Waals surface area contributed by atoms with E-state index in [-0.39, 0.29) is 12.1 Å². The molecule has 2 aliphatic rings. The van der Waals surface area contributed by atoms with Gasteiger partial charge in [-0.15, -0.1) is 0 Å². The van der Waals surface area contributed by atoms with Crippen LogP contribution in [-0.4, -0.2) is 48.6 Å². The van der Waals surface area contributed by atoms with Gasteiger partial charge in [0, 0.05) is 32.7 Å². The van der Waals surface area contributed by atoms with E-state index >= 15 is 0 Å². The highest BCUT2D eigenvalue weighted by Gasteiger charge is 2.32. The van der Waals surface area contributed by atoms with Crippen LogP contribution in [0.2, 0.25) is 0 Å². The fraction of sp³-hybridized carbons (Fsp3) is 0.909. The minimum absolute atomic E-state index is 0.176. The number of carbonyl (C=O) groups is 1. The summed E-state index contributed by atoms with van der Waals surface area (Å²) in [6.45, 7) is 2.41. The summed E-state index contributed by atoms with van der Waals surface area (Å²) >= 11 is 0. The van der Waals surface area contributed by atoms with Crippen LogP contribution < -0.4 is 5.73 Å². The van der Waals surface area contributed by atoms with E-state index in [9.17, 15) is 4.79 Å². The number of nitrogens with zero attached hydrogens (tertiary/aromatic N) is 2. The van der Waals surface area contributed by atoms with Crippen molar-refractivity contribution in [2.75, 3.05) is 26.7 Å². The zero-order chi connectivity index (χ0) is 10.8. The van der Waals surface area contributed by atoms with Gasteiger partial charge in [-0.3, -0.25) is 0 Å². The Labute approximate surface area is 91.4 Å². The van der Waals surface area contributed by atoms with Gasteiger partial charge in [0.05, 0.1) is 0 Å². The maximum Gasteiger partial charge on any atom is 0.320 e. The van der Waals surface area contributed by atoms with Gasteiger partial charge in [-0.1, -0.05) is 0 Å². The minimum atomic E-state index is 0.176. The molecule has 4 nitrogen and oxygen atoms in total. The topological polar surface area (TPSA) is 49.6 Å². The van der Waals surface area contributed by atoms with Gasteiger partial charge in [-0.25, -0.2) is 4.79 Å². The molecule has 1 aliphatic heterocycles. The Balaban J connectivity index is 1.87. The summed E-state index contributed by atoms with van der Waals surface area (Å²) < 4.78 is 0. The first-order valence-electron chi connectivity index (χ1n) is 5.94. The van der Waals surface area contributed by atoms with Crippen LogP contribution in [0, 0.1) is 5.92 Å². The standard InChI is InChI=1S/C11H21N3O/c1-13(8-9-4-5-9)11(15)14-6-2-3-10(14)7-12/h9-10H,2-8,12H2,1H3. The van der Waals surface area contributed by atoms with E-state index in [2.05, 4.69) is 0 Å². The molecule has 0 radical (unpaired) electrons. The molecule has 1 aliphatic carbocycles. The van der Waals surface area contributed by atoms with E-state index in [0.717, 1.165) is 31.8 Å². The van der Waals surface area contributed by atoms with Crippen molar-refractivity contribution in [3.63, 3.8) is 0 Å². The molecule has 0 spiro atoms. The van der Waals surface area contributed by atoms with E-state index in [1.807, 2.05) is 16.8 Å². The van der Waals surface area contributed by atoms with E-state index in [1.54, 1.807) is 0 Å². The summed E-state index contributed by atoms with van der Waals surface area (Å²) in [7, 11) is 1.91. The lowest BCUT2D eigenvalue weighted by atomic mass is 10.2. The Kier molecular flexibility index (Phi) is 3.14. The largest absolute Gasteiger partial charge is 0.328 e. The molecule has 1 saturated heterocycles. The smallest absolute Gasteiger partial charge is 0.320 e. The Morgan fingerprint density at radius 3 is 2.80 bits per heavy atom. The lowest BCUT2D eigenvalue weighted by Gasteiger charge is -2.29. The van der Waals surface area contributed by atoms with Crippen molar-refractivity contribution < 1.29 is 4.79 Å². The molecule has 15 heavy (non-hydrogen) atoms.